The zero-order chi connectivity index (χ0) is 19.8. The average molecular weight is 461 g/mol. The van der Waals surface area contributed by atoms with Crippen LogP contribution in [0.1, 0.15) is 29.7 Å². The van der Waals surface area contributed by atoms with Crippen molar-refractivity contribution < 1.29 is 62.7 Å². The molecular formula is C21H24O6Y-2. The van der Waals surface area contributed by atoms with Gasteiger partial charge in [-0.15, -0.1) is 0 Å². The summed E-state index contributed by atoms with van der Waals surface area (Å²) >= 11 is 0. The van der Waals surface area contributed by atoms with Crippen molar-refractivity contribution in [1.82, 2.24) is 0 Å². The molecule has 4 N–H and O–H groups in total. The largest absolute Gasteiger partial charge is 0.542 e. The van der Waals surface area contributed by atoms with Crippen molar-refractivity contribution in [3.05, 3.63) is 71.3 Å². The first-order valence-electron chi connectivity index (χ1n) is 8.65. The molecule has 0 saturated carbocycles. The van der Waals surface area contributed by atoms with Gasteiger partial charge in [0, 0.05) is 32.7 Å². The van der Waals surface area contributed by atoms with Crippen LogP contribution in [-0.2, 0) is 48.7 Å². The van der Waals surface area contributed by atoms with Crippen LogP contribution >= 0.6 is 0 Å². The van der Waals surface area contributed by atoms with Gasteiger partial charge in [0.2, 0.25) is 0 Å². The van der Waals surface area contributed by atoms with E-state index in [1.54, 1.807) is 6.07 Å². The van der Waals surface area contributed by atoms with Crippen LogP contribution in [0.4, 0.5) is 0 Å². The summed E-state index contributed by atoms with van der Waals surface area (Å²) in [7, 11) is 0. The second-order valence-electron chi connectivity index (χ2n) is 6.28. The maximum Gasteiger partial charge on any atom is 0.113 e. The number of ether oxygens (including phenoxy) is 1. The maximum atomic E-state index is 10.2. The Morgan fingerprint density at radius 2 is 1.68 bits per heavy atom. The Balaban J connectivity index is 0.000000921. The van der Waals surface area contributed by atoms with Crippen LogP contribution < -0.4 is 0 Å². The number of aliphatic hydroxyl groups is 4. The zero-order valence-electron chi connectivity index (χ0n) is 15.6. The second kappa shape index (κ2) is 12.5. The molecule has 1 radical (unpaired) electrons. The van der Waals surface area contributed by atoms with Gasteiger partial charge < -0.3 is 30.0 Å². The molecule has 0 amide bonds. The van der Waals surface area contributed by atoms with E-state index >= 15 is 0 Å². The molecule has 0 bridgehead atoms. The number of aliphatic hydroxyl groups excluding tert-OH is 4. The first-order valence-corrected chi connectivity index (χ1v) is 8.65. The number of rotatable bonds is 4. The van der Waals surface area contributed by atoms with Crippen LogP contribution in [-0.4, -0.2) is 57.7 Å². The standard InChI is InChI=1S/C19H21O5.C2H3O.Y/c20-11-15-16(21)17(22)18(23)19(24-15)14-8-4-7-13(10-14)9-12-5-2-1-3-6-12;1-2-3;/h2-8,10,15-23H,9,11H2;1H3;/q2*-1;/t15-,16?,17+,18-,19+;;/m1../s1. The van der Waals surface area contributed by atoms with E-state index < -0.39 is 37.1 Å². The van der Waals surface area contributed by atoms with E-state index in [9.17, 15) is 20.4 Å². The van der Waals surface area contributed by atoms with Gasteiger partial charge in [0.15, 0.2) is 0 Å². The van der Waals surface area contributed by atoms with Gasteiger partial charge in [-0.1, -0.05) is 24.3 Å². The second-order valence-corrected chi connectivity index (χ2v) is 6.28. The SMILES string of the molecule is C[C-]=O.OC[C@H]1O[C@@H](c2cccc(Cc3cc[c-]cc3)c2)[C@H](O)[C@@H](O)C1O.[Y]. The van der Waals surface area contributed by atoms with E-state index in [0.29, 0.717) is 5.56 Å². The van der Waals surface area contributed by atoms with Gasteiger partial charge in [-0.3, -0.25) is 6.29 Å². The first kappa shape index (κ1) is 25.1. The first-order chi connectivity index (χ1) is 13.0. The number of hydrogen-bond donors (Lipinski definition) is 4. The van der Waals surface area contributed by atoms with Gasteiger partial charge in [-0.25, -0.2) is 0 Å². The predicted molar refractivity (Wildman–Crippen MR) is 98.6 cm³/mol. The Morgan fingerprint density at radius 3 is 2.29 bits per heavy atom. The van der Waals surface area contributed by atoms with Crippen molar-refractivity contribution in [3.8, 4) is 0 Å². The van der Waals surface area contributed by atoms with Crippen LogP contribution in [0.5, 0.6) is 0 Å². The molecule has 0 aromatic heterocycles. The molecule has 1 fully saturated rings. The third-order valence-corrected chi connectivity index (χ3v) is 4.37. The molecule has 0 spiro atoms. The van der Waals surface area contributed by atoms with Crippen molar-refractivity contribution in [2.75, 3.05) is 6.61 Å². The Bertz CT molecular complexity index is 709. The molecule has 2 aromatic rings. The summed E-state index contributed by atoms with van der Waals surface area (Å²) in [5.41, 5.74) is 2.88. The van der Waals surface area contributed by atoms with Crippen LogP contribution in [0.15, 0.2) is 48.5 Å². The van der Waals surface area contributed by atoms with Gasteiger partial charge in [0.05, 0.1) is 6.61 Å². The fraction of sp³-hybridized carbons (Fsp3) is 0.381. The molecular weight excluding hydrogens is 437 g/mol. The summed E-state index contributed by atoms with van der Waals surface area (Å²) in [6.07, 6.45) is -3.45. The van der Waals surface area contributed by atoms with Crippen LogP contribution in [0.25, 0.3) is 0 Å². The van der Waals surface area contributed by atoms with Crippen molar-refractivity contribution >= 4 is 6.29 Å². The molecule has 1 aliphatic heterocycles. The van der Waals surface area contributed by atoms with Crippen LogP contribution in [0, 0.1) is 6.07 Å². The van der Waals surface area contributed by atoms with Gasteiger partial charge in [-0.05, 0) is 17.5 Å². The quantitative estimate of drug-likeness (QED) is 0.500. The molecule has 1 aliphatic rings. The Kier molecular flexibility index (Phi) is 11.2. The zero-order valence-corrected chi connectivity index (χ0v) is 18.4. The molecule has 3 rings (SSSR count). The number of carbonyl (C=O) groups excluding carboxylic acids is 1. The fourth-order valence-electron chi connectivity index (χ4n) is 3.03. The van der Waals surface area contributed by atoms with Gasteiger partial charge in [-0.2, -0.15) is 42.8 Å². The predicted octanol–water partition coefficient (Wildman–Crippen LogP) is 0.706. The molecule has 0 aliphatic carbocycles. The molecule has 5 atom stereocenters. The minimum atomic E-state index is -1.37. The van der Waals surface area contributed by atoms with Crippen molar-refractivity contribution in [3.63, 3.8) is 0 Å². The summed E-state index contributed by atoms with van der Waals surface area (Å²) < 4.78 is 5.61. The summed E-state index contributed by atoms with van der Waals surface area (Å²) in [6.45, 7) is 0.891. The van der Waals surface area contributed by atoms with Gasteiger partial charge in [0.1, 0.15) is 30.5 Å². The minimum Gasteiger partial charge on any atom is -0.542 e. The monoisotopic (exact) mass is 461 g/mol. The van der Waals surface area contributed by atoms with E-state index in [1.165, 1.54) is 13.2 Å². The summed E-state index contributed by atoms with van der Waals surface area (Å²) in [5, 5.41) is 39.3. The normalized spacial score (nSPS) is 26.4. The summed E-state index contributed by atoms with van der Waals surface area (Å²) in [5.74, 6) is 0. The van der Waals surface area contributed by atoms with Gasteiger partial charge >= 0.3 is 0 Å². The van der Waals surface area contributed by atoms with E-state index in [0.717, 1.165) is 17.5 Å². The Hall–Kier alpha value is -0.986. The molecule has 6 nitrogen and oxygen atoms in total. The Labute approximate surface area is 190 Å². The van der Waals surface area contributed by atoms with Gasteiger partial charge in [0.25, 0.3) is 0 Å². The van der Waals surface area contributed by atoms with E-state index in [-0.39, 0.29) is 32.7 Å². The van der Waals surface area contributed by atoms with Crippen molar-refractivity contribution in [2.45, 2.75) is 43.9 Å². The smallest absolute Gasteiger partial charge is 0.113 e. The molecule has 1 saturated heterocycles. The fourth-order valence-corrected chi connectivity index (χ4v) is 3.03. The maximum absolute atomic E-state index is 10.2. The van der Waals surface area contributed by atoms with E-state index in [4.69, 9.17) is 9.53 Å². The van der Waals surface area contributed by atoms with Crippen LogP contribution in [0.2, 0.25) is 0 Å². The Morgan fingerprint density at radius 1 is 1.04 bits per heavy atom. The van der Waals surface area contributed by atoms with E-state index in [1.807, 2.05) is 42.5 Å². The molecule has 1 heterocycles. The van der Waals surface area contributed by atoms with Crippen molar-refractivity contribution in [1.29, 1.82) is 0 Å². The van der Waals surface area contributed by atoms with Crippen molar-refractivity contribution in [2.24, 2.45) is 0 Å². The molecule has 28 heavy (non-hydrogen) atoms. The third kappa shape index (κ3) is 6.53. The third-order valence-electron chi connectivity index (χ3n) is 4.37. The molecule has 2 aromatic carbocycles. The summed E-state index contributed by atoms with van der Waals surface area (Å²) in [6, 6.07) is 18.2. The van der Waals surface area contributed by atoms with Crippen LogP contribution in [0.3, 0.4) is 0 Å². The average Bonchev–Trinajstić information content (AvgIpc) is 2.68. The van der Waals surface area contributed by atoms with E-state index in [2.05, 4.69) is 6.07 Å². The minimum absolute atomic E-state index is 0. The number of hydrogen-bond acceptors (Lipinski definition) is 6. The summed E-state index contributed by atoms with van der Waals surface area (Å²) in [4.78, 5) is 8.68. The number of benzene rings is 2. The molecule has 7 heteroatoms. The topological polar surface area (TPSA) is 107 Å². The molecule has 149 valence electrons. The molecule has 1 unspecified atom stereocenters.